The number of amides is 1. The summed E-state index contributed by atoms with van der Waals surface area (Å²) < 4.78 is 18.6. The van der Waals surface area contributed by atoms with Crippen LogP contribution in [0.4, 0.5) is 15.8 Å². The minimum Gasteiger partial charge on any atom is -0.497 e. The molecule has 0 radical (unpaired) electrons. The fourth-order valence-corrected chi connectivity index (χ4v) is 1.83. The van der Waals surface area contributed by atoms with Gasteiger partial charge in [0.05, 0.1) is 19.3 Å². The molecule has 110 valence electrons. The van der Waals surface area contributed by atoms with E-state index in [2.05, 4.69) is 10.6 Å². The maximum Gasteiger partial charge on any atom is 0.243 e. The Bertz CT molecular complexity index is 627. The summed E-state index contributed by atoms with van der Waals surface area (Å²) in [4.78, 5) is 11.8. The average molecular weight is 288 g/mol. The third-order valence-electron chi connectivity index (χ3n) is 2.94. The van der Waals surface area contributed by atoms with Gasteiger partial charge in [-0.25, -0.2) is 4.39 Å². The van der Waals surface area contributed by atoms with Crippen LogP contribution in [0, 0.1) is 12.7 Å². The molecule has 0 aliphatic rings. The molecule has 0 saturated heterocycles. The standard InChI is InChI=1S/C16H17FN2O2/c1-11-3-8-14(17)15(9-11)18-10-16(20)19-12-4-6-13(21-2)7-5-12/h3-9,18H,10H2,1-2H3,(H,19,20). The van der Waals surface area contributed by atoms with Crippen molar-refractivity contribution in [1.29, 1.82) is 0 Å². The first-order valence-electron chi connectivity index (χ1n) is 6.52. The summed E-state index contributed by atoms with van der Waals surface area (Å²) in [7, 11) is 1.58. The van der Waals surface area contributed by atoms with Gasteiger partial charge in [0.1, 0.15) is 11.6 Å². The van der Waals surface area contributed by atoms with E-state index in [1.165, 1.54) is 6.07 Å². The Hall–Kier alpha value is -2.56. The first kappa shape index (κ1) is 14.8. The van der Waals surface area contributed by atoms with E-state index in [1.54, 1.807) is 43.5 Å². The highest BCUT2D eigenvalue weighted by molar-refractivity contribution is 5.93. The summed E-state index contributed by atoms with van der Waals surface area (Å²) in [6, 6.07) is 11.7. The van der Waals surface area contributed by atoms with Crippen LogP contribution < -0.4 is 15.4 Å². The number of hydrogen-bond acceptors (Lipinski definition) is 3. The zero-order chi connectivity index (χ0) is 15.2. The Labute approximate surface area is 122 Å². The van der Waals surface area contributed by atoms with Crippen LogP contribution in [0.3, 0.4) is 0 Å². The Balaban J connectivity index is 1.91. The molecule has 0 heterocycles. The lowest BCUT2D eigenvalue weighted by atomic mass is 10.2. The number of carbonyl (C=O) groups excluding carboxylic acids is 1. The molecule has 1 amide bonds. The van der Waals surface area contributed by atoms with Crippen molar-refractivity contribution in [2.45, 2.75) is 6.92 Å². The minimum atomic E-state index is -0.377. The van der Waals surface area contributed by atoms with Gasteiger partial charge in [-0.2, -0.15) is 0 Å². The minimum absolute atomic E-state index is 0.00754. The first-order chi connectivity index (χ1) is 10.1. The zero-order valence-electron chi connectivity index (χ0n) is 11.9. The van der Waals surface area contributed by atoms with Crippen molar-refractivity contribution in [2.24, 2.45) is 0 Å². The zero-order valence-corrected chi connectivity index (χ0v) is 11.9. The van der Waals surface area contributed by atoms with E-state index in [1.807, 2.05) is 6.92 Å². The number of anilines is 2. The van der Waals surface area contributed by atoms with Gasteiger partial charge in [-0.3, -0.25) is 4.79 Å². The summed E-state index contributed by atoms with van der Waals surface area (Å²) in [6.45, 7) is 1.86. The smallest absolute Gasteiger partial charge is 0.243 e. The van der Waals surface area contributed by atoms with Gasteiger partial charge in [-0.05, 0) is 48.9 Å². The first-order valence-corrected chi connectivity index (χ1v) is 6.52. The van der Waals surface area contributed by atoms with Gasteiger partial charge in [0, 0.05) is 5.69 Å². The van der Waals surface area contributed by atoms with E-state index in [0.29, 0.717) is 17.1 Å². The quantitative estimate of drug-likeness (QED) is 0.888. The summed E-state index contributed by atoms with van der Waals surface area (Å²) in [5.74, 6) is 0.0897. The molecule has 21 heavy (non-hydrogen) atoms. The number of carbonyl (C=O) groups is 1. The molecular formula is C16H17FN2O2. The lowest BCUT2D eigenvalue weighted by Crippen LogP contribution is -2.22. The highest BCUT2D eigenvalue weighted by Crippen LogP contribution is 2.16. The summed E-state index contributed by atoms with van der Waals surface area (Å²) in [5.41, 5.74) is 1.90. The number of rotatable bonds is 5. The van der Waals surface area contributed by atoms with Gasteiger partial charge in [-0.1, -0.05) is 6.07 Å². The highest BCUT2D eigenvalue weighted by Gasteiger charge is 2.06. The maximum absolute atomic E-state index is 13.5. The molecule has 0 fully saturated rings. The predicted octanol–water partition coefficient (Wildman–Crippen LogP) is 3.19. The SMILES string of the molecule is COc1ccc(NC(=O)CNc2cc(C)ccc2F)cc1. The normalized spacial score (nSPS) is 10.0. The van der Waals surface area contributed by atoms with Crippen molar-refractivity contribution in [3.05, 3.63) is 53.8 Å². The van der Waals surface area contributed by atoms with E-state index in [9.17, 15) is 9.18 Å². The van der Waals surface area contributed by atoms with Gasteiger partial charge >= 0.3 is 0 Å². The second-order valence-corrected chi connectivity index (χ2v) is 4.61. The molecule has 2 aromatic carbocycles. The monoisotopic (exact) mass is 288 g/mol. The fraction of sp³-hybridized carbons (Fsp3) is 0.188. The van der Waals surface area contributed by atoms with Gasteiger partial charge in [0.15, 0.2) is 0 Å². The fourth-order valence-electron chi connectivity index (χ4n) is 1.83. The van der Waals surface area contributed by atoms with E-state index in [-0.39, 0.29) is 18.3 Å². The molecule has 2 aromatic rings. The molecule has 2 rings (SSSR count). The lowest BCUT2D eigenvalue weighted by Gasteiger charge is -2.09. The van der Waals surface area contributed by atoms with Gasteiger partial charge < -0.3 is 15.4 Å². The molecule has 0 aliphatic heterocycles. The largest absolute Gasteiger partial charge is 0.497 e. The van der Waals surface area contributed by atoms with Crippen molar-refractivity contribution < 1.29 is 13.9 Å². The molecule has 0 aromatic heterocycles. The number of aryl methyl sites for hydroxylation is 1. The molecule has 0 saturated carbocycles. The number of hydrogen-bond donors (Lipinski definition) is 2. The van der Waals surface area contributed by atoms with Crippen molar-refractivity contribution in [2.75, 3.05) is 24.3 Å². The Kier molecular flexibility index (Phi) is 4.77. The molecule has 2 N–H and O–H groups in total. The van der Waals surface area contributed by atoms with Crippen LogP contribution in [-0.4, -0.2) is 19.6 Å². The molecule has 0 aliphatic carbocycles. The summed E-state index contributed by atoms with van der Waals surface area (Å²) in [5, 5.41) is 5.50. The molecular weight excluding hydrogens is 271 g/mol. The van der Waals surface area contributed by atoms with Crippen LogP contribution in [0.1, 0.15) is 5.56 Å². The third-order valence-corrected chi connectivity index (χ3v) is 2.94. The number of halogens is 1. The van der Waals surface area contributed by atoms with Crippen LogP contribution in [0.25, 0.3) is 0 Å². The van der Waals surface area contributed by atoms with Gasteiger partial charge in [-0.15, -0.1) is 0 Å². The van der Waals surface area contributed by atoms with Crippen molar-refractivity contribution in [1.82, 2.24) is 0 Å². The van der Waals surface area contributed by atoms with Crippen LogP contribution in [0.2, 0.25) is 0 Å². The van der Waals surface area contributed by atoms with Crippen molar-refractivity contribution >= 4 is 17.3 Å². The highest BCUT2D eigenvalue weighted by atomic mass is 19.1. The van der Waals surface area contributed by atoms with Crippen LogP contribution in [-0.2, 0) is 4.79 Å². The topological polar surface area (TPSA) is 50.4 Å². The van der Waals surface area contributed by atoms with Gasteiger partial charge in [0.2, 0.25) is 5.91 Å². The van der Waals surface area contributed by atoms with Crippen LogP contribution >= 0.6 is 0 Å². The van der Waals surface area contributed by atoms with E-state index < -0.39 is 0 Å². The molecule has 0 spiro atoms. The average Bonchev–Trinajstić information content (AvgIpc) is 2.49. The number of benzene rings is 2. The second kappa shape index (κ2) is 6.74. The number of nitrogens with one attached hydrogen (secondary N) is 2. The Morgan fingerprint density at radius 3 is 2.57 bits per heavy atom. The molecule has 0 bridgehead atoms. The van der Waals surface area contributed by atoms with Crippen molar-refractivity contribution in [3.8, 4) is 5.75 Å². The molecule has 0 atom stereocenters. The van der Waals surface area contributed by atoms with Crippen molar-refractivity contribution in [3.63, 3.8) is 0 Å². The summed E-state index contributed by atoms with van der Waals surface area (Å²) >= 11 is 0. The number of ether oxygens (including phenoxy) is 1. The predicted molar refractivity (Wildman–Crippen MR) is 81.3 cm³/mol. The summed E-state index contributed by atoms with van der Waals surface area (Å²) in [6.07, 6.45) is 0. The Morgan fingerprint density at radius 2 is 1.90 bits per heavy atom. The van der Waals surface area contributed by atoms with E-state index in [4.69, 9.17) is 4.74 Å². The lowest BCUT2D eigenvalue weighted by molar-refractivity contribution is -0.114. The van der Waals surface area contributed by atoms with Crippen LogP contribution in [0.5, 0.6) is 5.75 Å². The second-order valence-electron chi connectivity index (χ2n) is 4.61. The number of methoxy groups -OCH3 is 1. The molecule has 4 nitrogen and oxygen atoms in total. The van der Waals surface area contributed by atoms with E-state index in [0.717, 1.165) is 5.56 Å². The van der Waals surface area contributed by atoms with E-state index >= 15 is 0 Å². The van der Waals surface area contributed by atoms with Crippen LogP contribution in [0.15, 0.2) is 42.5 Å². The third kappa shape index (κ3) is 4.21. The molecule has 5 heteroatoms. The Morgan fingerprint density at radius 1 is 1.19 bits per heavy atom. The maximum atomic E-state index is 13.5. The van der Waals surface area contributed by atoms with Gasteiger partial charge in [0.25, 0.3) is 0 Å². The molecule has 0 unspecified atom stereocenters.